The van der Waals surface area contributed by atoms with E-state index in [0.717, 1.165) is 31.1 Å². The van der Waals surface area contributed by atoms with Crippen LogP contribution in [0.2, 0.25) is 0 Å². The van der Waals surface area contributed by atoms with Gasteiger partial charge in [-0.05, 0) is 57.7 Å². The molecule has 1 N–H and O–H groups in total. The molecule has 1 aromatic rings. The molecule has 1 aliphatic rings. The van der Waals surface area contributed by atoms with E-state index in [1.165, 1.54) is 30.8 Å². The molecule has 1 atom stereocenters. The Morgan fingerprint density at radius 3 is 2.88 bits per heavy atom. The lowest BCUT2D eigenvalue weighted by atomic mass is 9.94. The molecule has 3 nitrogen and oxygen atoms in total. The van der Waals surface area contributed by atoms with Gasteiger partial charge < -0.3 is 5.32 Å². The van der Waals surface area contributed by atoms with Gasteiger partial charge in [-0.25, -0.2) is 9.97 Å². The third-order valence-corrected chi connectivity index (χ3v) is 3.20. The number of rotatable bonds is 3. The van der Waals surface area contributed by atoms with E-state index in [1.54, 1.807) is 0 Å². The Bertz CT molecular complexity index is 343. The zero-order chi connectivity index (χ0) is 11.4. The Morgan fingerprint density at radius 1 is 1.38 bits per heavy atom. The van der Waals surface area contributed by atoms with E-state index in [-0.39, 0.29) is 0 Å². The van der Waals surface area contributed by atoms with E-state index >= 15 is 0 Å². The minimum Gasteiger partial charge on any atom is -0.316 e. The maximum Gasteiger partial charge on any atom is 0.125 e. The lowest BCUT2D eigenvalue weighted by Gasteiger charge is -2.22. The molecule has 88 valence electrons. The highest BCUT2D eigenvalue weighted by Gasteiger charge is 2.14. The average molecular weight is 219 g/mol. The first-order valence-corrected chi connectivity index (χ1v) is 6.32. The second kappa shape index (κ2) is 5.39. The fourth-order valence-electron chi connectivity index (χ4n) is 2.38. The van der Waals surface area contributed by atoms with Crippen LogP contribution in [0.3, 0.4) is 0 Å². The molecule has 1 unspecified atom stereocenters. The summed E-state index contributed by atoms with van der Waals surface area (Å²) in [5.74, 6) is 1.67. The number of nitrogens with zero attached hydrogens (tertiary/aromatic N) is 2. The van der Waals surface area contributed by atoms with Crippen molar-refractivity contribution in [2.24, 2.45) is 5.92 Å². The molecular weight excluding hydrogens is 198 g/mol. The largest absolute Gasteiger partial charge is 0.316 e. The summed E-state index contributed by atoms with van der Waals surface area (Å²) in [6.07, 6.45) is 4.73. The number of hydrogen-bond donors (Lipinski definition) is 1. The first kappa shape index (κ1) is 11.5. The van der Waals surface area contributed by atoms with Gasteiger partial charge in [-0.1, -0.05) is 6.92 Å². The Hall–Kier alpha value is -0.960. The van der Waals surface area contributed by atoms with Gasteiger partial charge in [-0.3, -0.25) is 0 Å². The molecule has 3 heteroatoms. The molecule has 1 aromatic heterocycles. The second-order valence-corrected chi connectivity index (χ2v) is 4.67. The lowest BCUT2D eigenvalue weighted by molar-refractivity contribution is 0.373. The van der Waals surface area contributed by atoms with E-state index in [1.807, 2.05) is 6.92 Å². The summed E-state index contributed by atoms with van der Waals surface area (Å²) in [6, 6.07) is 2.17. The molecule has 1 aliphatic heterocycles. The van der Waals surface area contributed by atoms with Crippen LogP contribution in [-0.4, -0.2) is 23.1 Å². The van der Waals surface area contributed by atoms with Crippen LogP contribution in [0.4, 0.5) is 0 Å². The molecule has 1 fully saturated rings. The third-order valence-electron chi connectivity index (χ3n) is 3.20. The van der Waals surface area contributed by atoms with E-state index in [2.05, 4.69) is 28.3 Å². The van der Waals surface area contributed by atoms with Crippen molar-refractivity contribution in [2.45, 2.75) is 39.5 Å². The molecule has 0 radical (unpaired) electrons. The fraction of sp³-hybridized carbons (Fsp3) is 0.692. The molecule has 0 saturated carbocycles. The molecule has 0 aliphatic carbocycles. The molecule has 0 amide bonds. The predicted molar refractivity (Wildman–Crippen MR) is 65.4 cm³/mol. The van der Waals surface area contributed by atoms with Gasteiger partial charge in [0.15, 0.2) is 0 Å². The van der Waals surface area contributed by atoms with Gasteiger partial charge in [-0.2, -0.15) is 0 Å². The quantitative estimate of drug-likeness (QED) is 0.843. The zero-order valence-corrected chi connectivity index (χ0v) is 10.3. The van der Waals surface area contributed by atoms with Crippen LogP contribution in [-0.2, 0) is 12.8 Å². The predicted octanol–water partition coefficient (Wildman–Crippen LogP) is 1.89. The van der Waals surface area contributed by atoms with Crippen LogP contribution < -0.4 is 5.32 Å². The highest BCUT2D eigenvalue weighted by Crippen LogP contribution is 2.15. The topological polar surface area (TPSA) is 37.8 Å². The number of hydrogen-bond acceptors (Lipinski definition) is 3. The van der Waals surface area contributed by atoms with Gasteiger partial charge >= 0.3 is 0 Å². The highest BCUT2D eigenvalue weighted by molar-refractivity contribution is 5.11. The normalized spacial score (nSPS) is 21.0. The number of piperidine rings is 1. The van der Waals surface area contributed by atoms with Gasteiger partial charge in [0.1, 0.15) is 5.82 Å². The summed E-state index contributed by atoms with van der Waals surface area (Å²) in [6.45, 7) is 6.46. The van der Waals surface area contributed by atoms with Crippen LogP contribution in [0.1, 0.15) is 37.0 Å². The molecule has 0 aromatic carbocycles. The van der Waals surface area contributed by atoms with Crippen molar-refractivity contribution >= 4 is 0 Å². The SMILES string of the molecule is CCc1cc(CC2CCCNC2)nc(C)n1. The van der Waals surface area contributed by atoms with Crippen molar-refractivity contribution in [3.63, 3.8) is 0 Å². The van der Waals surface area contributed by atoms with E-state index in [9.17, 15) is 0 Å². The van der Waals surface area contributed by atoms with Crippen molar-refractivity contribution in [1.29, 1.82) is 0 Å². The number of aryl methyl sites for hydroxylation is 2. The van der Waals surface area contributed by atoms with Gasteiger partial charge in [0.2, 0.25) is 0 Å². The summed E-state index contributed by atoms with van der Waals surface area (Å²) in [5, 5.41) is 3.45. The Balaban J connectivity index is 2.04. The van der Waals surface area contributed by atoms with Gasteiger partial charge in [0.25, 0.3) is 0 Å². The van der Waals surface area contributed by atoms with E-state index in [4.69, 9.17) is 0 Å². The summed E-state index contributed by atoms with van der Waals surface area (Å²) >= 11 is 0. The minimum absolute atomic E-state index is 0.757. The molecular formula is C13H21N3. The van der Waals surface area contributed by atoms with Crippen molar-refractivity contribution < 1.29 is 0 Å². The summed E-state index contributed by atoms with van der Waals surface area (Å²) in [5.41, 5.74) is 2.39. The molecule has 16 heavy (non-hydrogen) atoms. The van der Waals surface area contributed by atoms with Crippen molar-refractivity contribution in [3.05, 3.63) is 23.3 Å². The molecule has 0 spiro atoms. The van der Waals surface area contributed by atoms with Crippen molar-refractivity contribution in [3.8, 4) is 0 Å². The van der Waals surface area contributed by atoms with Crippen molar-refractivity contribution in [2.75, 3.05) is 13.1 Å². The molecule has 1 saturated heterocycles. The summed E-state index contributed by atoms with van der Waals surface area (Å²) < 4.78 is 0. The van der Waals surface area contributed by atoms with Crippen LogP contribution >= 0.6 is 0 Å². The van der Waals surface area contributed by atoms with Crippen LogP contribution in [0, 0.1) is 12.8 Å². The number of nitrogens with one attached hydrogen (secondary N) is 1. The smallest absolute Gasteiger partial charge is 0.125 e. The number of aromatic nitrogens is 2. The van der Waals surface area contributed by atoms with Crippen LogP contribution in [0.5, 0.6) is 0 Å². The first-order valence-electron chi connectivity index (χ1n) is 6.32. The first-order chi connectivity index (χ1) is 7.78. The minimum atomic E-state index is 0.757. The maximum atomic E-state index is 4.54. The molecule has 0 bridgehead atoms. The van der Waals surface area contributed by atoms with E-state index in [0.29, 0.717) is 0 Å². The molecule has 2 heterocycles. The monoisotopic (exact) mass is 219 g/mol. The van der Waals surface area contributed by atoms with Crippen LogP contribution in [0.25, 0.3) is 0 Å². The Morgan fingerprint density at radius 2 is 2.19 bits per heavy atom. The lowest BCUT2D eigenvalue weighted by Crippen LogP contribution is -2.31. The van der Waals surface area contributed by atoms with Crippen LogP contribution in [0.15, 0.2) is 6.07 Å². The Kier molecular flexibility index (Phi) is 3.88. The fourth-order valence-corrected chi connectivity index (χ4v) is 2.38. The maximum absolute atomic E-state index is 4.54. The van der Waals surface area contributed by atoms with Gasteiger partial charge in [0.05, 0.1) is 0 Å². The average Bonchev–Trinajstić information content (AvgIpc) is 2.29. The zero-order valence-electron chi connectivity index (χ0n) is 10.3. The Labute approximate surface area is 97.7 Å². The van der Waals surface area contributed by atoms with Gasteiger partial charge in [0, 0.05) is 11.4 Å². The van der Waals surface area contributed by atoms with Crippen molar-refractivity contribution in [1.82, 2.24) is 15.3 Å². The highest BCUT2D eigenvalue weighted by atomic mass is 14.9. The standard InChI is InChI=1S/C13H21N3/c1-3-12-8-13(16-10(2)15-12)7-11-5-4-6-14-9-11/h8,11,14H,3-7,9H2,1-2H3. The summed E-state index contributed by atoms with van der Waals surface area (Å²) in [4.78, 5) is 8.96. The summed E-state index contributed by atoms with van der Waals surface area (Å²) in [7, 11) is 0. The van der Waals surface area contributed by atoms with Gasteiger partial charge in [-0.15, -0.1) is 0 Å². The second-order valence-electron chi connectivity index (χ2n) is 4.67. The third kappa shape index (κ3) is 3.01. The van der Waals surface area contributed by atoms with E-state index < -0.39 is 0 Å². The molecule has 2 rings (SSSR count).